The fourth-order valence-corrected chi connectivity index (χ4v) is 1.71. The van der Waals surface area contributed by atoms with Crippen molar-refractivity contribution < 1.29 is 9.84 Å². The van der Waals surface area contributed by atoms with E-state index in [4.69, 9.17) is 15.6 Å². The average Bonchev–Trinajstić information content (AvgIpc) is 2.37. The lowest BCUT2D eigenvalue weighted by Gasteiger charge is -2.17. The summed E-state index contributed by atoms with van der Waals surface area (Å²) in [4.78, 5) is 8.15. The van der Waals surface area contributed by atoms with Crippen LogP contribution in [-0.4, -0.2) is 34.3 Å². The molecule has 1 heterocycles. The van der Waals surface area contributed by atoms with Crippen LogP contribution in [0.25, 0.3) is 0 Å². The van der Waals surface area contributed by atoms with E-state index < -0.39 is 0 Å². The number of nitrogens with one attached hydrogen (secondary N) is 1. The smallest absolute Gasteiger partial charge is 0.242 e. The molecule has 6 heteroatoms. The minimum atomic E-state index is 0.0165. The number of hydrogen-bond donors (Lipinski definition) is 3. The van der Waals surface area contributed by atoms with Crippen LogP contribution in [0.2, 0.25) is 0 Å². The van der Waals surface area contributed by atoms with Gasteiger partial charge in [-0.05, 0) is 26.2 Å². The number of nitrogens with two attached hydrogens (primary N) is 1. The molecule has 0 amide bonds. The maximum absolute atomic E-state index is 8.96. The van der Waals surface area contributed by atoms with Crippen molar-refractivity contribution in [3.8, 4) is 5.88 Å². The molecule has 1 rings (SSSR count). The molecule has 0 aliphatic carbocycles. The molecule has 0 bridgehead atoms. The van der Waals surface area contributed by atoms with Crippen LogP contribution in [0.4, 0.5) is 11.5 Å². The van der Waals surface area contributed by atoms with Crippen LogP contribution in [0.15, 0.2) is 6.33 Å². The van der Waals surface area contributed by atoms with Crippen molar-refractivity contribution in [3.05, 3.63) is 6.33 Å². The number of rotatable bonds is 8. The summed E-state index contributed by atoms with van der Waals surface area (Å²) in [5, 5.41) is 12.2. The van der Waals surface area contributed by atoms with Gasteiger partial charge in [0.1, 0.15) is 12.0 Å². The largest absolute Gasteiger partial charge is 0.473 e. The Hall–Kier alpha value is -1.56. The molecule has 0 saturated carbocycles. The molecule has 0 aliphatic rings. The molecular formula is C13H24N4O2. The Morgan fingerprint density at radius 1 is 1.42 bits per heavy atom. The first-order valence-electron chi connectivity index (χ1n) is 6.70. The van der Waals surface area contributed by atoms with Crippen molar-refractivity contribution in [1.29, 1.82) is 0 Å². The summed E-state index contributed by atoms with van der Waals surface area (Å²) in [7, 11) is 0. The minimum absolute atomic E-state index is 0.0165. The standard InChI is InChI=1S/C13H24N4O2/c1-4-10(5-6-18)7-15-12-11(14)13(17-8-16-12)19-9(2)3/h8-10,18H,4-7,14H2,1-3H3,(H,15,16,17). The summed E-state index contributed by atoms with van der Waals surface area (Å²) in [6.07, 6.45) is 3.21. The molecule has 1 aromatic heterocycles. The zero-order valence-corrected chi connectivity index (χ0v) is 11.9. The number of nitrogens with zero attached hydrogens (tertiary/aromatic N) is 2. The maximum atomic E-state index is 8.96. The summed E-state index contributed by atoms with van der Waals surface area (Å²) in [6.45, 7) is 6.85. The summed E-state index contributed by atoms with van der Waals surface area (Å²) in [5.74, 6) is 1.39. The maximum Gasteiger partial charge on any atom is 0.242 e. The van der Waals surface area contributed by atoms with Gasteiger partial charge in [-0.1, -0.05) is 13.3 Å². The van der Waals surface area contributed by atoms with E-state index in [0.717, 1.165) is 19.4 Å². The van der Waals surface area contributed by atoms with Crippen molar-refractivity contribution >= 4 is 11.5 Å². The molecule has 1 atom stereocenters. The van der Waals surface area contributed by atoms with E-state index >= 15 is 0 Å². The summed E-state index contributed by atoms with van der Waals surface area (Å²) < 4.78 is 5.51. The highest BCUT2D eigenvalue weighted by Crippen LogP contribution is 2.25. The van der Waals surface area contributed by atoms with Crippen molar-refractivity contribution in [1.82, 2.24) is 9.97 Å². The number of anilines is 2. The Morgan fingerprint density at radius 3 is 2.74 bits per heavy atom. The predicted molar refractivity (Wildman–Crippen MR) is 76.2 cm³/mol. The van der Waals surface area contributed by atoms with Crippen LogP contribution in [0.1, 0.15) is 33.6 Å². The molecule has 0 aromatic carbocycles. The van der Waals surface area contributed by atoms with Crippen molar-refractivity contribution in [2.45, 2.75) is 39.7 Å². The molecule has 1 aromatic rings. The molecule has 0 saturated heterocycles. The second kappa shape index (κ2) is 7.78. The molecule has 1 unspecified atom stereocenters. The van der Waals surface area contributed by atoms with Gasteiger partial charge < -0.3 is 20.9 Å². The third kappa shape index (κ3) is 4.90. The molecule has 108 valence electrons. The highest BCUT2D eigenvalue weighted by Gasteiger charge is 2.12. The van der Waals surface area contributed by atoms with Gasteiger partial charge in [0.15, 0.2) is 5.82 Å². The summed E-state index contributed by atoms with van der Waals surface area (Å²) in [5.41, 5.74) is 6.40. The highest BCUT2D eigenvalue weighted by atomic mass is 16.5. The van der Waals surface area contributed by atoms with E-state index in [2.05, 4.69) is 22.2 Å². The van der Waals surface area contributed by atoms with Crippen molar-refractivity contribution in [3.63, 3.8) is 0 Å². The van der Waals surface area contributed by atoms with E-state index in [-0.39, 0.29) is 12.7 Å². The number of nitrogen functional groups attached to an aromatic ring is 1. The molecule has 0 fully saturated rings. The van der Waals surface area contributed by atoms with E-state index in [0.29, 0.717) is 23.3 Å². The zero-order valence-electron chi connectivity index (χ0n) is 11.9. The third-order valence-electron chi connectivity index (χ3n) is 2.87. The van der Waals surface area contributed by atoms with Crippen LogP contribution in [0.5, 0.6) is 5.88 Å². The Labute approximate surface area is 114 Å². The van der Waals surface area contributed by atoms with Crippen LogP contribution >= 0.6 is 0 Å². The van der Waals surface area contributed by atoms with Crippen LogP contribution in [0, 0.1) is 5.92 Å². The van der Waals surface area contributed by atoms with Crippen LogP contribution < -0.4 is 15.8 Å². The van der Waals surface area contributed by atoms with Gasteiger partial charge in [0, 0.05) is 13.2 Å². The summed E-state index contributed by atoms with van der Waals surface area (Å²) in [6, 6.07) is 0. The predicted octanol–water partition coefficient (Wildman–Crippen LogP) is 1.67. The highest BCUT2D eigenvalue weighted by molar-refractivity contribution is 5.66. The van der Waals surface area contributed by atoms with E-state index in [1.807, 2.05) is 13.8 Å². The van der Waals surface area contributed by atoms with Gasteiger partial charge in [-0.15, -0.1) is 0 Å². The van der Waals surface area contributed by atoms with Gasteiger partial charge in [0.2, 0.25) is 5.88 Å². The number of hydrogen-bond acceptors (Lipinski definition) is 6. The quantitative estimate of drug-likeness (QED) is 0.664. The first kappa shape index (κ1) is 15.5. The zero-order chi connectivity index (χ0) is 14.3. The van der Waals surface area contributed by atoms with Gasteiger partial charge in [-0.25, -0.2) is 4.98 Å². The molecule has 19 heavy (non-hydrogen) atoms. The van der Waals surface area contributed by atoms with Crippen molar-refractivity contribution in [2.75, 3.05) is 24.2 Å². The molecule has 0 spiro atoms. The Bertz CT molecular complexity index is 385. The van der Waals surface area contributed by atoms with Gasteiger partial charge in [0.05, 0.1) is 6.10 Å². The van der Waals surface area contributed by atoms with Crippen molar-refractivity contribution in [2.24, 2.45) is 5.92 Å². The van der Waals surface area contributed by atoms with E-state index in [1.54, 1.807) is 0 Å². The SMILES string of the molecule is CCC(CCO)CNc1ncnc(OC(C)C)c1N. The van der Waals surface area contributed by atoms with Gasteiger partial charge in [-0.3, -0.25) is 0 Å². The normalized spacial score (nSPS) is 12.5. The number of aromatic nitrogens is 2. The topological polar surface area (TPSA) is 93.3 Å². The number of aliphatic hydroxyl groups excluding tert-OH is 1. The monoisotopic (exact) mass is 268 g/mol. The summed E-state index contributed by atoms with van der Waals surface area (Å²) >= 11 is 0. The third-order valence-corrected chi connectivity index (χ3v) is 2.87. The van der Waals surface area contributed by atoms with E-state index in [1.165, 1.54) is 6.33 Å². The van der Waals surface area contributed by atoms with E-state index in [9.17, 15) is 0 Å². The Kier molecular flexibility index (Phi) is 6.35. The fourth-order valence-electron chi connectivity index (χ4n) is 1.71. The van der Waals surface area contributed by atoms with Gasteiger partial charge in [-0.2, -0.15) is 4.98 Å². The first-order chi connectivity index (χ1) is 9.08. The fraction of sp³-hybridized carbons (Fsp3) is 0.692. The van der Waals surface area contributed by atoms with Crippen LogP contribution in [-0.2, 0) is 0 Å². The number of ether oxygens (including phenoxy) is 1. The molecular weight excluding hydrogens is 244 g/mol. The molecule has 0 radical (unpaired) electrons. The second-order valence-electron chi connectivity index (χ2n) is 4.78. The molecule has 6 nitrogen and oxygen atoms in total. The average molecular weight is 268 g/mol. The first-order valence-corrected chi connectivity index (χ1v) is 6.70. The Morgan fingerprint density at radius 2 is 2.16 bits per heavy atom. The molecule has 0 aliphatic heterocycles. The van der Waals surface area contributed by atoms with Gasteiger partial charge >= 0.3 is 0 Å². The lowest BCUT2D eigenvalue weighted by atomic mass is 10.0. The minimum Gasteiger partial charge on any atom is -0.473 e. The van der Waals surface area contributed by atoms with Gasteiger partial charge in [0.25, 0.3) is 0 Å². The lowest BCUT2D eigenvalue weighted by Crippen LogP contribution is -2.17. The Balaban J connectivity index is 2.67. The van der Waals surface area contributed by atoms with Crippen LogP contribution in [0.3, 0.4) is 0 Å². The lowest BCUT2D eigenvalue weighted by molar-refractivity contribution is 0.234. The number of aliphatic hydroxyl groups is 1. The molecule has 4 N–H and O–H groups in total. The second-order valence-corrected chi connectivity index (χ2v) is 4.78.